The lowest BCUT2D eigenvalue weighted by Crippen LogP contribution is -2.33. The summed E-state index contributed by atoms with van der Waals surface area (Å²) in [6.07, 6.45) is 5.00. The molecule has 0 fully saturated rings. The van der Waals surface area contributed by atoms with Gasteiger partial charge in [0.15, 0.2) is 0 Å². The molecule has 0 bridgehead atoms. The maximum absolute atomic E-state index is 7.30. The van der Waals surface area contributed by atoms with Gasteiger partial charge in [-0.1, -0.05) is 6.92 Å². The Hall–Kier alpha value is -1.23. The summed E-state index contributed by atoms with van der Waals surface area (Å²) in [6.45, 7) is 2.19. The van der Waals surface area contributed by atoms with E-state index >= 15 is 0 Å². The summed E-state index contributed by atoms with van der Waals surface area (Å²) in [5.74, 6) is 1.11. The summed E-state index contributed by atoms with van der Waals surface area (Å²) < 4.78 is 0. The minimum Gasteiger partial charge on any atom is -0.382 e. The quantitative estimate of drug-likeness (QED) is 0.600. The number of nitrogens with zero attached hydrogens (tertiary/aromatic N) is 2. The van der Waals surface area contributed by atoms with E-state index in [0.29, 0.717) is 11.7 Å². The number of amidine groups is 1. The van der Waals surface area contributed by atoms with Crippen LogP contribution in [0.5, 0.6) is 0 Å². The maximum atomic E-state index is 7.30. The Kier molecular flexibility index (Phi) is 5.28. The first-order valence-corrected chi connectivity index (χ1v) is 7.01. The van der Waals surface area contributed by atoms with Crippen LogP contribution in [0.25, 0.3) is 0 Å². The van der Waals surface area contributed by atoms with Gasteiger partial charge in [-0.05, 0) is 24.8 Å². The summed E-state index contributed by atoms with van der Waals surface area (Å²) in [5, 5.41) is 7.30. The van der Waals surface area contributed by atoms with Gasteiger partial charge in [-0.15, -0.1) is 0 Å². The third-order valence-electron chi connectivity index (χ3n) is 2.81. The van der Waals surface area contributed by atoms with Crippen LogP contribution < -0.4 is 10.6 Å². The largest absolute Gasteiger partial charge is 0.382 e. The Morgan fingerprint density at radius 2 is 2.29 bits per heavy atom. The number of aromatic nitrogens is 1. The Labute approximate surface area is 107 Å². The van der Waals surface area contributed by atoms with Crippen molar-refractivity contribution < 1.29 is 0 Å². The van der Waals surface area contributed by atoms with Crippen molar-refractivity contribution in [3.8, 4) is 0 Å². The van der Waals surface area contributed by atoms with Crippen molar-refractivity contribution in [1.82, 2.24) is 4.98 Å². The Morgan fingerprint density at radius 3 is 2.71 bits per heavy atom. The van der Waals surface area contributed by atoms with E-state index in [0.717, 1.165) is 17.9 Å². The number of hydrogen-bond donors (Lipinski definition) is 2. The second-order valence-electron chi connectivity index (χ2n) is 3.94. The maximum Gasteiger partial charge on any atom is 0.141 e. The molecule has 4 nitrogen and oxygen atoms in total. The molecule has 1 aromatic heterocycles. The number of nitrogens with two attached hydrogens (primary N) is 1. The number of hydrogen-bond acceptors (Lipinski definition) is 4. The van der Waals surface area contributed by atoms with Crippen LogP contribution in [0.3, 0.4) is 0 Å². The van der Waals surface area contributed by atoms with Crippen molar-refractivity contribution >= 4 is 23.3 Å². The van der Waals surface area contributed by atoms with Crippen LogP contribution in [-0.2, 0) is 0 Å². The molecule has 1 atom stereocenters. The minimum atomic E-state index is 0.00959. The zero-order chi connectivity index (χ0) is 12.8. The van der Waals surface area contributed by atoms with E-state index in [-0.39, 0.29) is 5.84 Å². The molecule has 1 heterocycles. The van der Waals surface area contributed by atoms with Crippen molar-refractivity contribution in [1.29, 1.82) is 5.41 Å². The standard InChI is InChI=1S/C12H20N4S/c1-4-9(8-17-3)16(2)10-5-6-11(12(13)14)15-7-10/h5-7,9H,4,8H2,1-3H3,(H3,13,14). The van der Waals surface area contributed by atoms with Gasteiger partial charge >= 0.3 is 0 Å². The van der Waals surface area contributed by atoms with Crippen LogP contribution in [0.15, 0.2) is 18.3 Å². The van der Waals surface area contributed by atoms with Crippen LogP contribution >= 0.6 is 11.8 Å². The first-order valence-electron chi connectivity index (χ1n) is 5.62. The lowest BCUT2D eigenvalue weighted by atomic mass is 10.2. The van der Waals surface area contributed by atoms with Crippen molar-refractivity contribution in [3.63, 3.8) is 0 Å². The van der Waals surface area contributed by atoms with Crippen LogP contribution in [0.1, 0.15) is 19.0 Å². The van der Waals surface area contributed by atoms with Gasteiger partial charge in [-0.25, -0.2) is 0 Å². The SMILES string of the molecule is CCC(CSC)N(C)c1ccc(C(=N)N)nc1. The lowest BCUT2D eigenvalue weighted by molar-refractivity contribution is 0.672. The smallest absolute Gasteiger partial charge is 0.141 e. The van der Waals surface area contributed by atoms with Crippen LogP contribution in [-0.4, -0.2) is 35.9 Å². The van der Waals surface area contributed by atoms with Crippen molar-refractivity contribution in [3.05, 3.63) is 24.0 Å². The molecule has 0 aliphatic rings. The number of anilines is 1. The highest BCUT2D eigenvalue weighted by atomic mass is 32.2. The topological polar surface area (TPSA) is 66.0 Å². The van der Waals surface area contributed by atoms with E-state index in [1.807, 2.05) is 17.8 Å². The Balaban J connectivity index is 2.81. The molecule has 1 unspecified atom stereocenters. The van der Waals surface area contributed by atoms with E-state index in [2.05, 4.69) is 30.1 Å². The summed E-state index contributed by atoms with van der Waals surface area (Å²) in [5.41, 5.74) is 6.97. The highest BCUT2D eigenvalue weighted by molar-refractivity contribution is 7.98. The lowest BCUT2D eigenvalue weighted by Gasteiger charge is -2.28. The molecule has 0 aliphatic heterocycles. The fourth-order valence-electron chi connectivity index (χ4n) is 1.66. The molecule has 0 saturated carbocycles. The molecule has 17 heavy (non-hydrogen) atoms. The number of nitrogens with one attached hydrogen (secondary N) is 1. The molecular weight excluding hydrogens is 232 g/mol. The summed E-state index contributed by atoms with van der Waals surface area (Å²) in [7, 11) is 2.08. The van der Waals surface area contributed by atoms with Gasteiger partial charge in [0.25, 0.3) is 0 Å². The zero-order valence-electron chi connectivity index (χ0n) is 10.6. The second kappa shape index (κ2) is 6.49. The van der Waals surface area contributed by atoms with Crippen molar-refractivity contribution in [2.24, 2.45) is 5.73 Å². The van der Waals surface area contributed by atoms with Gasteiger partial charge in [0.1, 0.15) is 11.5 Å². The minimum absolute atomic E-state index is 0.00959. The Bertz CT molecular complexity index is 363. The zero-order valence-corrected chi connectivity index (χ0v) is 11.4. The summed E-state index contributed by atoms with van der Waals surface area (Å²) in [4.78, 5) is 6.41. The van der Waals surface area contributed by atoms with Gasteiger partial charge in [0, 0.05) is 18.8 Å². The van der Waals surface area contributed by atoms with E-state index < -0.39 is 0 Å². The molecule has 94 valence electrons. The van der Waals surface area contributed by atoms with E-state index in [9.17, 15) is 0 Å². The molecule has 0 saturated heterocycles. The van der Waals surface area contributed by atoms with Crippen LogP contribution in [0.2, 0.25) is 0 Å². The monoisotopic (exact) mass is 252 g/mol. The second-order valence-corrected chi connectivity index (χ2v) is 4.85. The van der Waals surface area contributed by atoms with Gasteiger partial charge < -0.3 is 10.6 Å². The third kappa shape index (κ3) is 3.63. The number of rotatable bonds is 6. The van der Waals surface area contributed by atoms with Gasteiger partial charge in [0.2, 0.25) is 0 Å². The van der Waals surface area contributed by atoms with E-state index in [4.69, 9.17) is 11.1 Å². The summed E-state index contributed by atoms with van der Waals surface area (Å²) in [6, 6.07) is 4.27. The predicted octanol–water partition coefficient (Wildman–Crippen LogP) is 1.94. The van der Waals surface area contributed by atoms with Crippen molar-refractivity contribution in [2.45, 2.75) is 19.4 Å². The van der Waals surface area contributed by atoms with E-state index in [1.165, 1.54) is 0 Å². The van der Waals surface area contributed by atoms with Gasteiger partial charge in [-0.2, -0.15) is 11.8 Å². The molecule has 1 aromatic rings. The number of pyridine rings is 1. The third-order valence-corrected chi connectivity index (χ3v) is 3.53. The molecule has 0 aromatic carbocycles. The average molecular weight is 252 g/mol. The fourth-order valence-corrected chi connectivity index (χ4v) is 2.50. The number of thioether (sulfide) groups is 1. The van der Waals surface area contributed by atoms with Gasteiger partial charge in [0.05, 0.1) is 11.9 Å². The molecule has 0 radical (unpaired) electrons. The highest BCUT2D eigenvalue weighted by Crippen LogP contribution is 2.18. The molecule has 0 spiro atoms. The van der Waals surface area contributed by atoms with Crippen molar-refractivity contribution in [2.75, 3.05) is 24.0 Å². The van der Waals surface area contributed by atoms with Crippen LogP contribution in [0, 0.1) is 5.41 Å². The molecular formula is C12H20N4S. The summed E-state index contributed by atoms with van der Waals surface area (Å²) >= 11 is 1.85. The molecule has 0 amide bonds. The Morgan fingerprint density at radius 1 is 1.59 bits per heavy atom. The first-order chi connectivity index (χ1) is 8.10. The number of nitrogen functional groups attached to an aromatic ring is 1. The molecule has 3 N–H and O–H groups in total. The molecule has 1 rings (SSSR count). The van der Waals surface area contributed by atoms with Crippen LogP contribution in [0.4, 0.5) is 5.69 Å². The normalized spacial score (nSPS) is 12.2. The predicted molar refractivity (Wildman–Crippen MR) is 76.1 cm³/mol. The first kappa shape index (κ1) is 13.8. The average Bonchev–Trinajstić information content (AvgIpc) is 2.35. The highest BCUT2D eigenvalue weighted by Gasteiger charge is 2.13. The van der Waals surface area contributed by atoms with Gasteiger partial charge in [-0.3, -0.25) is 10.4 Å². The molecule has 5 heteroatoms. The molecule has 0 aliphatic carbocycles. The van der Waals surface area contributed by atoms with E-state index in [1.54, 1.807) is 12.3 Å². The fraction of sp³-hybridized carbons (Fsp3) is 0.500.